The second kappa shape index (κ2) is 5.42. The highest BCUT2D eigenvalue weighted by Crippen LogP contribution is 2.39. The highest BCUT2D eigenvalue weighted by Gasteiger charge is 2.20. The van der Waals surface area contributed by atoms with Crippen molar-refractivity contribution in [3.63, 3.8) is 0 Å². The number of hydrogen-bond acceptors (Lipinski definition) is 2. The van der Waals surface area contributed by atoms with Gasteiger partial charge < -0.3 is 10.2 Å². The minimum absolute atomic E-state index is 0.0286. The van der Waals surface area contributed by atoms with Crippen LogP contribution in [-0.2, 0) is 11.2 Å². The molecule has 1 saturated carbocycles. The minimum atomic E-state index is -0.824. The molecule has 0 heterocycles. The maximum absolute atomic E-state index is 10.8. The minimum Gasteiger partial charge on any atom is -0.507 e. The van der Waals surface area contributed by atoms with Crippen LogP contribution in [0.5, 0.6) is 5.75 Å². The molecule has 1 aromatic rings. The molecule has 1 aromatic carbocycles. The van der Waals surface area contributed by atoms with Gasteiger partial charge in [0.05, 0.1) is 6.42 Å². The van der Waals surface area contributed by atoms with Crippen molar-refractivity contribution < 1.29 is 15.0 Å². The van der Waals surface area contributed by atoms with E-state index in [1.54, 1.807) is 6.07 Å². The fourth-order valence-electron chi connectivity index (χ4n) is 2.89. The van der Waals surface area contributed by atoms with Gasteiger partial charge in [-0.3, -0.25) is 4.79 Å². The van der Waals surface area contributed by atoms with E-state index in [0.717, 1.165) is 29.5 Å². The Morgan fingerprint density at radius 1 is 1.28 bits per heavy atom. The quantitative estimate of drug-likeness (QED) is 0.862. The summed E-state index contributed by atoms with van der Waals surface area (Å²) in [5, 5.41) is 19.0. The van der Waals surface area contributed by atoms with E-state index in [-0.39, 0.29) is 6.42 Å². The molecule has 2 rings (SSSR count). The average Bonchev–Trinajstić information content (AvgIpc) is 2.34. The largest absolute Gasteiger partial charge is 0.507 e. The second-order valence-corrected chi connectivity index (χ2v) is 5.26. The third kappa shape index (κ3) is 2.84. The predicted molar refractivity (Wildman–Crippen MR) is 70.0 cm³/mol. The van der Waals surface area contributed by atoms with Crippen LogP contribution in [0.3, 0.4) is 0 Å². The fourth-order valence-corrected chi connectivity index (χ4v) is 2.89. The summed E-state index contributed by atoms with van der Waals surface area (Å²) in [6.07, 6.45) is 5.90. The lowest BCUT2D eigenvalue weighted by Crippen LogP contribution is -2.07. The van der Waals surface area contributed by atoms with E-state index in [1.165, 1.54) is 19.3 Å². The molecular formula is C15H20O3. The number of phenols is 1. The van der Waals surface area contributed by atoms with E-state index in [0.29, 0.717) is 11.7 Å². The van der Waals surface area contributed by atoms with Gasteiger partial charge in [-0.05, 0) is 42.4 Å². The number of carboxylic acids is 1. The smallest absolute Gasteiger partial charge is 0.307 e. The Bertz CT molecular complexity index is 445. The summed E-state index contributed by atoms with van der Waals surface area (Å²) < 4.78 is 0. The molecule has 0 spiro atoms. The average molecular weight is 248 g/mol. The van der Waals surface area contributed by atoms with Gasteiger partial charge in [-0.25, -0.2) is 0 Å². The van der Waals surface area contributed by atoms with Crippen molar-refractivity contribution in [3.05, 3.63) is 28.8 Å². The van der Waals surface area contributed by atoms with Crippen LogP contribution in [0.4, 0.5) is 0 Å². The van der Waals surface area contributed by atoms with Crippen LogP contribution in [-0.4, -0.2) is 16.2 Å². The third-order valence-electron chi connectivity index (χ3n) is 3.79. The number of hydrogen-bond donors (Lipinski definition) is 2. The zero-order chi connectivity index (χ0) is 13.1. The summed E-state index contributed by atoms with van der Waals surface area (Å²) in [6, 6.07) is 3.65. The molecule has 18 heavy (non-hydrogen) atoms. The summed E-state index contributed by atoms with van der Waals surface area (Å²) >= 11 is 0. The number of aromatic hydroxyl groups is 1. The summed E-state index contributed by atoms with van der Waals surface area (Å²) in [6.45, 7) is 1.84. The van der Waals surface area contributed by atoms with Crippen LogP contribution in [0.15, 0.2) is 12.1 Å². The molecule has 0 aromatic heterocycles. The Balaban J connectivity index is 2.32. The molecule has 2 N–H and O–H groups in total. The van der Waals surface area contributed by atoms with Gasteiger partial charge in [-0.1, -0.05) is 31.4 Å². The van der Waals surface area contributed by atoms with E-state index in [1.807, 2.05) is 13.0 Å². The molecule has 1 aliphatic carbocycles. The van der Waals surface area contributed by atoms with Crippen LogP contribution in [0.25, 0.3) is 0 Å². The number of aryl methyl sites for hydroxylation is 1. The van der Waals surface area contributed by atoms with Crippen molar-refractivity contribution in [2.45, 2.75) is 51.4 Å². The molecule has 1 aliphatic rings. The first-order valence-electron chi connectivity index (χ1n) is 6.62. The van der Waals surface area contributed by atoms with E-state index >= 15 is 0 Å². The monoisotopic (exact) mass is 248 g/mol. The number of carboxylic acid groups (broad SMARTS) is 1. The van der Waals surface area contributed by atoms with Gasteiger partial charge in [0.25, 0.3) is 0 Å². The van der Waals surface area contributed by atoms with E-state index in [4.69, 9.17) is 5.11 Å². The zero-order valence-corrected chi connectivity index (χ0v) is 10.8. The molecular weight excluding hydrogens is 228 g/mol. The van der Waals surface area contributed by atoms with Crippen LogP contribution in [0, 0.1) is 6.92 Å². The Labute approximate surface area is 107 Å². The zero-order valence-electron chi connectivity index (χ0n) is 10.8. The second-order valence-electron chi connectivity index (χ2n) is 5.26. The SMILES string of the molecule is Cc1cc(CC(=O)O)cc(C2CCCCC2)c1O. The van der Waals surface area contributed by atoms with Gasteiger partial charge in [-0.15, -0.1) is 0 Å². The molecule has 0 radical (unpaired) electrons. The molecule has 0 aliphatic heterocycles. The predicted octanol–water partition coefficient (Wildman–Crippen LogP) is 3.38. The Morgan fingerprint density at radius 3 is 2.56 bits per heavy atom. The summed E-state index contributed by atoms with van der Waals surface area (Å²) in [7, 11) is 0. The van der Waals surface area contributed by atoms with Crippen molar-refractivity contribution in [3.8, 4) is 5.75 Å². The molecule has 0 bridgehead atoms. The number of rotatable bonds is 3. The fraction of sp³-hybridized carbons (Fsp3) is 0.533. The highest BCUT2D eigenvalue weighted by atomic mass is 16.4. The van der Waals surface area contributed by atoms with E-state index in [9.17, 15) is 9.90 Å². The van der Waals surface area contributed by atoms with Crippen molar-refractivity contribution in [2.24, 2.45) is 0 Å². The van der Waals surface area contributed by atoms with Crippen molar-refractivity contribution in [1.29, 1.82) is 0 Å². The van der Waals surface area contributed by atoms with Crippen molar-refractivity contribution in [1.82, 2.24) is 0 Å². The lowest BCUT2D eigenvalue weighted by atomic mass is 9.82. The van der Waals surface area contributed by atoms with Gasteiger partial charge in [0.2, 0.25) is 0 Å². The van der Waals surface area contributed by atoms with E-state index in [2.05, 4.69) is 0 Å². The Hall–Kier alpha value is -1.51. The van der Waals surface area contributed by atoms with Gasteiger partial charge in [0.1, 0.15) is 5.75 Å². The highest BCUT2D eigenvalue weighted by molar-refractivity contribution is 5.70. The summed E-state index contributed by atoms with van der Waals surface area (Å²) in [5.41, 5.74) is 2.53. The number of carbonyl (C=O) groups is 1. The van der Waals surface area contributed by atoms with Crippen molar-refractivity contribution in [2.75, 3.05) is 0 Å². The normalized spacial score (nSPS) is 16.7. The van der Waals surface area contributed by atoms with Crippen LogP contribution >= 0.6 is 0 Å². The Morgan fingerprint density at radius 2 is 1.94 bits per heavy atom. The number of benzene rings is 1. The van der Waals surface area contributed by atoms with Crippen LogP contribution in [0.2, 0.25) is 0 Å². The summed E-state index contributed by atoms with van der Waals surface area (Å²) in [4.78, 5) is 10.8. The maximum Gasteiger partial charge on any atom is 0.307 e. The number of aliphatic carboxylic acids is 1. The van der Waals surface area contributed by atoms with Crippen LogP contribution in [0.1, 0.15) is 54.7 Å². The first kappa shape index (κ1) is 12.9. The lowest BCUT2D eigenvalue weighted by molar-refractivity contribution is -0.136. The van der Waals surface area contributed by atoms with Crippen LogP contribution < -0.4 is 0 Å². The first-order chi connectivity index (χ1) is 8.58. The standard InChI is InChI=1S/C15H20O3/c1-10-7-11(9-14(16)17)8-13(15(10)18)12-5-3-2-4-6-12/h7-8,12,18H,2-6,9H2,1H3,(H,16,17). The van der Waals surface area contributed by atoms with E-state index < -0.39 is 5.97 Å². The first-order valence-corrected chi connectivity index (χ1v) is 6.62. The molecule has 0 atom stereocenters. The molecule has 0 saturated heterocycles. The van der Waals surface area contributed by atoms with Crippen molar-refractivity contribution >= 4 is 5.97 Å². The summed E-state index contributed by atoms with van der Waals surface area (Å²) in [5.74, 6) is -0.0723. The lowest BCUT2D eigenvalue weighted by Gasteiger charge is -2.24. The topological polar surface area (TPSA) is 57.5 Å². The van der Waals surface area contributed by atoms with Gasteiger partial charge in [0, 0.05) is 0 Å². The molecule has 3 nitrogen and oxygen atoms in total. The number of phenolic OH excluding ortho intramolecular Hbond substituents is 1. The molecule has 0 amide bonds. The van der Waals surface area contributed by atoms with Gasteiger partial charge in [0.15, 0.2) is 0 Å². The van der Waals surface area contributed by atoms with Gasteiger partial charge >= 0.3 is 5.97 Å². The maximum atomic E-state index is 10.8. The molecule has 3 heteroatoms. The molecule has 1 fully saturated rings. The van der Waals surface area contributed by atoms with Gasteiger partial charge in [-0.2, -0.15) is 0 Å². The third-order valence-corrected chi connectivity index (χ3v) is 3.79. The molecule has 98 valence electrons. The molecule has 0 unspecified atom stereocenters. The Kier molecular flexibility index (Phi) is 3.90.